The third-order valence-electron chi connectivity index (χ3n) is 7.94. The number of carbonyl (C=O) groups is 1. The lowest BCUT2D eigenvalue weighted by molar-refractivity contribution is 0.0631. The van der Waals surface area contributed by atoms with Gasteiger partial charge < -0.3 is 14.8 Å². The van der Waals surface area contributed by atoms with Gasteiger partial charge in [-0.2, -0.15) is 0 Å². The molecule has 1 saturated carbocycles. The molecule has 0 spiro atoms. The molecule has 41 heavy (non-hydrogen) atoms. The van der Waals surface area contributed by atoms with E-state index in [1.54, 1.807) is 11.2 Å². The summed E-state index contributed by atoms with van der Waals surface area (Å²) < 4.78 is 58.2. The number of nitrogens with one attached hydrogen (secondary N) is 2. The second kappa shape index (κ2) is 12.8. The molecule has 11 heteroatoms. The van der Waals surface area contributed by atoms with Gasteiger partial charge in [0.2, 0.25) is 10.0 Å². The monoisotopic (exact) mass is 585 g/mol. The van der Waals surface area contributed by atoms with Crippen molar-refractivity contribution in [2.24, 2.45) is 0 Å². The summed E-state index contributed by atoms with van der Waals surface area (Å²) in [6, 6.07) is 12.1. The lowest BCUT2D eigenvalue weighted by Crippen LogP contribution is -2.54. The van der Waals surface area contributed by atoms with Gasteiger partial charge in [-0.05, 0) is 43.4 Å². The Morgan fingerprint density at radius 2 is 1.83 bits per heavy atom. The van der Waals surface area contributed by atoms with Crippen molar-refractivity contribution in [3.63, 3.8) is 0 Å². The molecule has 2 N–H and O–H groups in total. The quantitative estimate of drug-likeness (QED) is 0.391. The predicted octanol–water partition coefficient (Wildman–Crippen LogP) is 4.30. The first-order chi connectivity index (χ1) is 19.8. The van der Waals surface area contributed by atoms with E-state index in [1.807, 2.05) is 41.8 Å². The molecule has 5 rings (SSSR count). The van der Waals surface area contributed by atoms with E-state index >= 15 is 0 Å². The van der Waals surface area contributed by atoms with Crippen molar-refractivity contribution in [1.29, 1.82) is 0 Å². The SMILES string of the molecule is CCCS(=O)(=O)N[C@H]1CCCC[C@@H]1n1cnc(C(=O)N2CCNCC2Cc2cc(F)cc(F)c2)c1-c1ccccc1. The van der Waals surface area contributed by atoms with Crippen molar-refractivity contribution >= 4 is 15.9 Å². The van der Waals surface area contributed by atoms with Crippen LogP contribution in [0.15, 0.2) is 54.9 Å². The first kappa shape index (κ1) is 29.3. The van der Waals surface area contributed by atoms with Crippen LogP contribution < -0.4 is 10.0 Å². The van der Waals surface area contributed by atoms with Crippen LogP contribution >= 0.6 is 0 Å². The van der Waals surface area contributed by atoms with Crippen LogP contribution in [0, 0.1) is 11.6 Å². The molecule has 220 valence electrons. The summed E-state index contributed by atoms with van der Waals surface area (Å²) >= 11 is 0. The fourth-order valence-electron chi connectivity index (χ4n) is 6.14. The van der Waals surface area contributed by atoms with Crippen LogP contribution in [0.4, 0.5) is 8.78 Å². The Kier molecular flexibility index (Phi) is 9.16. The number of hydrogen-bond donors (Lipinski definition) is 2. The van der Waals surface area contributed by atoms with E-state index < -0.39 is 21.7 Å². The molecule has 0 radical (unpaired) electrons. The van der Waals surface area contributed by atoms with Gasteiger partial charge in [0, 0.05) is 43.3 Å². The summed E-state index contributed by atoms with van der Waals surface area (Å²) in [5, 5.41) is 3.29. The van der Waals surface area contributed by atoms with Gasteiger partial charge in [-0.25, -0.2) is 26.9 Å². The molecule has 2 aliphatic rings. The molecule has 2 fully saturated rings. The summed E-state index contributed by atoms with van der Waals surface area (Å²) in [4.78, 5) is 20.6. The fraction of sp³-hybridized carbons (Fsp3) is 0.467. The number of imidazole rings is 1. The maximum atomic E-state index is 14.2. The normalized spacial score (nSPS) is 21.6. The van der Waals surface area contributed by atoms with E-state index in [0.29, 0.717) is 50.2 Å². The number of carbonyl (C=O) groups excluding carboxylic acids is 1. The van der Waals surface area contributed by atoms with Crippen LogP contribution in [-0.2, 0) is 16.4 Å². The molecule has 1 unspecified atom stereocenters. The summed E-state index contributed by atoms with van der Waals surface area (Å²) in [6.07, 6.45) is 5.79. The summed E-state index contributed by atoms with van der Waals surface area (Å²) in [5.74, 6) is -1.49. The fourth-order valence-corrected chi connectivity index (χ4v) is 7.53. The number of amides is 1. The van der Waals surface area contributed by atoms with Gasteiger partial charge in [0.25, 0.3) is 5.91 Å². The highest BCUT2D eigenvalue weighted by molar-refractivity contribution is 7.89. The lowest BCUT2D eigenvalue weighted by atomic mass is 9.90. The van der Waals surface area contributed by atoms with Crippen LogP contribution in [0.5, 0.6) is 0 Å². The molecule has 1 aliphatic heterocycles. The Morgan fingerprint density at radius 1 is 1.10 bits per heavy atom. The molecule has 8 nitrogen and oxygen atoms in total. The van der Waals surface area contributed by atoms with E-state index in [2.05, 4.69) is 15.0 Å². The molecule has 1 saturated heterocycles. The molecule has 3 atom stereocenters. The van der Waals surface area contributed by atoms with E-state index in [-0.39, 0.29) is 35.5 Å². The number of rotatable bonds is 9. The van der Waals surface area contributed by atoms with Gasteiger partial charge in [-0.3, -0.25) is 4.79 Å². The van der Waals surface area contributed by atoms with Gasteiger partial charge in [0.1, 0.15) is 11.6 Å². The van der Waals surface area contributed by atoms with Gasteiger partial charge >= 0.3 is 0 Å². The summed E-state index contributed by atoms with van der Waals surface area (Å²) in [7, 11) is -3.44. The van der Waals surface area contributed by atoms with Crippen LogP contribution in [0.2, 0.25) is 0 Å². The van der Waals surface area contributed by atoms with Gasteiger partial charge in [-0.15, -0.1) is 0 Å². The molecule has 3 aromatic rings. The zero-order valence-electron chi connectivity index (χ0n) is 23.2. The first-order valence-electron chi connectivity index (χ1n) is 14.3. The van der Waals surface area contributed by atoms with Crippen LogP contribution in [0.25, 0.3) is 11.3 Å². The second-order valence-corrected chi connectivity index (χ2v) is 12.8. The number of aromatic nitrogens is 2. The van der Waals surface area contributed by atoms with Crippen LogP contribution in [0.1, 0.15) is 61.1 Å². The van der Waals surface area contributed by atoms with E-state index in [9.17, 15) is 22.0 Å². The number of benzene rings is 2. The molecular formula is C30H37F2N5O3S. The molecular weight excluding hydrogens is 548 g/mol. The minimum atomic E-state index is -3.44. The van der Waals surface area contributed by atoms with Crippen molar-refractivity contribution in [1.82, 2.24) is 24.5 Å². The number of hydrogen-bond acceptors (Lipinski definition) is 5. The van der Waals surface area contributed by atoms with Gasteiger partial charge in [0.05, 0.1) is 23.8 Å². The Bertz CT molecular complexity index is 1440. The Labute approximate surface area is 240 Å². The topological polar surface area (TPSA) is 96.3 Å². The highest BCUT2D eigenvalue weighted by atomic mass is 32.2. The molecule has 1 amide bonds. The smallest absolute Gasteiger partial charge is 0.275 e. The average molecular weight is 586 g/mol. The highest BCUT2D eigenvalue weighted by Gasteiger charge is 2.35. The number of nitrogens with zero attached hydrogens (tertiary/aromatic N) is 3. The van der Waals surface area contributed by atoms with Crippen molar-refractivity contribution in [3.05, 3.63) is 77.8 Å². The largest absolute Gasteiger partial charge is 0.331 e. The Balaban J connectivity index is 1.50. The maximum Gasteiger partial charge on any atom is 0.275 e. The molecule has 1 aliphatic carbocycles. The minimum absolute atomic E-state index is 0.0645. The average Bonchev–Trinajstić information content (AvgIpc) is 3.38. The van der Waals surface area contributed by atoms with Gasteiger partial charge in [0.15, 0.2) is 5.69 Å². The molecule has 2 heterocycles. The Hall–Kier alpha value is -3.15. The highest BCUT2D eigenvalue weighted by Crippen LogP contribution is 2.35. The van der Waals surface area contributed by atoms with E-state index in [4.69, 9.17) is 0 Å². The molecule has 1 aromatic heterocycles. The van der Waals surface area contributed by atoms with Gasteiger partial charge in [-0.1, -0.05) is 50.1 Å². The first-order valence-corrected chi connectivity index (χ1v) is 16.0. The second-order valence-electron chi connectivity index (χ2n) is 10.9. The predicted molar refractivity (Wildman–Crippen MR) is 154 cm³/mol. The third-order valence-corrected chi connectivity index (χ3v) is 9.55. The van der Waals surface area contributed by atoms with Crippen molar-refractivity contribution < 1.29 is 22.0 Å². The number of sulfonamides is 1. The standard InChI is InChI=1S/C30H37F2N5O3S/c1-2-14-41(39,40)35-26-10-6-7-11-27(26)37-20-34-28(29(37)22-8-4-3-5-9-22)30(38)36-13-12-33-19-25(36)17-21-15-23(31)18-24(32)16-21/h3-5,8-9,15-16,18,20,25-27,33,35H,2,6-7,10-14,17,19H2,1H3/t25?,26-,27-/m0/s1. The van der Waals surface area contributed by atoms with Crippen molar-refractivity contribution in [3.8, 4) is 11.3 Å². The summed E-state index contributed by atoms with van der Waals surface area (Å²) in [6.45, 7) is 3.33. The van der Waals surface area contributed by atoms with E-state index in [0.717, 1.165) is 30.9 Å². The Morgan fingerprint density at radius 3 is 2.56 bits per heavy atom. The van der Waals surface area contributed by atoms with Crippen molar-refractivity contribution in [2.45, 2.75) is 63.6 Å². The number of piperazine rings is 1. The third kappa shape index (κ3) is 6.85. The summed E-state index contributed by atoms with van der Waals surface area (Å²) in [5.41, 5.74) is 2.23. The minimum Gasteiger partial charge on any atom is -0.331 e. The van der Waals surface area contributed by atoms with Crippen LogP contribution in [-0.4, -0.2) is 66.2 Å². The zero-order valence-corrected chi connectivity index (χ0v) is 24.0. The van der Waals surface area contributed by atoms with Crippen LogP contribution in [0.3, 0.4) is 0 Å². The lowest BCUT2D eigenvalue weighted by Gasteiger charge is -2.36. The molecule has 0 bridgehead atoms. The van der Waals surface area contributed by atoms with E-state index in [1.165, 1.54) is 12.1 Å². The molecule has 2 aromatic carbocycles. The van der Waals surface area contributed by atoms with Crippen molar-refractivity contribution in [2.75, 3.05) is 25.4 Å². The maximum absolute atomic E-state index is 14.2. The number of halogens is 2. The zero-order chi connectivity index (χ0) is 29.0.